The van der Waals surface area contributed by atoms with Crippen LogP contribution < -0.4 is 5.32 Å². The molecule has 0 aliphatic carbocycles. The minimum absolute atomic E-state index is 0.140. The fourth-order valence-corrected chi connectivity index (χ4v) is 2.98. The highest BCUT2D eigenvalue weighted by Crippen LogP contribution is 2.21. The van der Waals surface area contributed by atoms with Crippen LogP contribution in [0.25, 0.3) is 0 Å². The molecule has 0 radical (unpaired) electrons. The number of aryl methyl sites for hydroxylation is 1. The summed E-state index contributed by atoms with van der Waals surface area (Å²) in [5.41, 5.74) is 2.14. The smallest absolute Gasteiger partial charge is 0.242 e. The Morgan fingerprint density at radius 1 is 1.19 bits per heavy atom. The second-order valence-electron chi connectivity index (χ2n) is 6.45. The van der Waals surface area contributed by atoms with Crippen molar-refractivity contribution in [1.29, 1.82) is 0 Å². The van der Waals surface area contributed by atoms with Gasteiger partial charge < -0.3 is 10.2 Å². The van der Waals surface area contributed by atoms with Crippen molar-refractivity contribution >= 4 is 23.4 Å². The Kier molecular flexibility index (Phi) is 7.36. The van der Waals surface area contributed by atoms with Gasteiger partial charge in [0, 0.05) is 23.7 Å². The Hall–Kier alpha value is -2.40. The number of carbonyl (C=O) groups excluding carboxylic acids is 2. The van der Waals surface area contributed by atoms with Gasteiger partial charge in [-0.2, -0.15) is 0 Å². The molecule has 1 N–H and O–H groups in total. The first-order valence-electron chi connectivity index (χ1n) is 8.89. The number of hydrogen-bond acceptors (Lipinski definition) is 2. The van der Waals surface area contributed by atoms with Crippen molar-refractivity contribution in [2.24, 2.45) is 0 Å². The Balaban J connectivity index is 2.28. The number of nitrogens with one attached hydrogen (secondary N) is 1. The normalized spacial score (nSPS) is 11.7. The van der Waals surface area contributed by atoms with Gasteiger partial charge >= 0.3 is 0 Å². The number of benzene rings is 2. The van der Waals surface area contributed by atoms with Crippen LogP contribution in [-0.4, -0.2) is 29.3 Å². The van der Waals surface area contributed by atoms with Gasteiger partial charge in [0.15, 0.2) is 0 Å². The summed E-state index contributed by atoms with van der Waals surface area (Å²) >= 11 is 6.06. The second kappa shape index (κ2) is 9.51. The average molecular weight is 391 g/mol. The maximum absolute atomic E-state index is 14.1. The van der Waals surface area contributed by atoms with Gasteiger partial charge in [0.1, 0.15) is 11.9 Å². The molecule has 6 heteroatoms. The molecule has 0 saturated carbocycles. The Labute approximate surface area is 164 Å². The van der Waals surface area contributed by atoms with Gasteiger partial charge in [-0.05, 0) is 38.5 Å². The van der Waals surface area contributed by atoms with Gasteiger partial charge in [0.2, 0.25) is 11.8 Å². The zero-order valence-corrected chi connectivity index (χ0v) is 16.5. The van der Waals surface area contributed by atoms with Crippen LogP contribution in [0, 0.1) is 12.7 Å². The van der Waals surface area contributed by atoms with Crippen LogP contribution in [-0.2, 0) is 22.6 Å². The third-order valence-electron chi connectivity index (χ3n) is 4.38. The zero-order chi connectivity index (χ0) is 20.0. The molecule has 0 aromatic heterocycles. The minimum Gasteiger partial charge on any atom is -0.355 e. The van der Waals surface area contributed by atoms with E-state index < -0.39 is 11.9 Å². The fraction of sp³-hybridized carbons (Fsp3) is 0.333. The standard InChI is InChI=1S/C21H24ClFN2O2/c1-4-24-21(27)15(3)25(13-16-10-8-14(2)9-11-16)20(26)12-17-18(22)6-5-7-19(17)23/h5-11,15H,4,12-13H2,1-3H3,(H,24,27)/t15-/m1/s1. The largest absolute Gasteiger partial charge is 0.355 e. The highest BCUT2D eigenvalue weighted by molar-refractivity contribution is 6.31. The maximum Gasteiger partial charge on any atom is 0.242 e. The van der Waals surface area contributed by atoms with Crippen molar-refractivity contribution in [2.75, 3.05) is 6.54 Å². The predicted molar refractivity (Wildman–Crippen MR) is 105 cm³/mol. The van der Waals surface area contributed by atoms with Crippen molar-refractivity contribution in [2.45, 2.75) is 39.8 Å². The van der Waals surface area contributed by atoms with E-state index in [1.54, 1.807) is 13.0 Å². The fourth-order valence-electron chi connectivity index (χ4n) is 2.75. The van der Waals surface area contributed by atoms with Crippen LogP contribution >= 0.6 is 11.6 Å². The first kappa shape index (κ1) is 20.9. The van der Waals surface area contributed by atoms with Crippen molar-refractivity contribution < 1.29 is 14.0 Å². The quantitative estimate of drug-likeness (QED) is 0.779. The maximum atomic E-state index is 14.1. The Bertz CT molecular complexity index is 788. The van der Waals surface area contributed by atoms with Crippen LogP contribution in [0.15, 0.2) is 42.5 Å². The van der Waals surface area contributed by atoms with Crippen molar-refractivity contribution in [1.82, 2.24) is 10.2 Å². The lowest BCUT2D eigenvalue weighted by Crippen LogP contribution is -2.48. The molecular weight excluding hydrogens is 367 g/mol. The lowest BCUT2D eigenvalue weighted by molar-refractivity contribution is -0.140. The third kappa shape index (κ3) is 5.54. The summed E-state index contributed by atoms with van der Waals surface area (Å²) in [5.74, 6) is -1.14. The number of likely N-dealkylation sites (N-methyl/N-ethyl adjacent to an activating group) is 1. The van der Waals surface area contributed by atoms with Crippen LogP contribution in [0.5, 0.6) is 0 Å². The number of rotatable bonds is 7. The molecule has 0 bridgehead atoms. The molecule has 0 spiro atoms. The van der Waals surface area contributed by atoms with E-state index in [4.69, 9.17) is 11.6 Å². The summed E-state index contributed by atoms with van der Waals surface area (Å²) in [4.78, 5) is 26.7. The number of hydrogen-bond donors (Lipinski definition) is 1. The molecule has 0 aliphatic heterocycles. The van der Waals surface area contributed by atoms with E-state index in [1.807, 2.05) is 38.1 Å². The lowest BCUT2D eigenvalue weighted by atomic mass is 10.1. The first-order chi connectivity index (χ1) is 12.8. The van der Waals surface area contributed by atoms with Crippen LogP contribution in [0.4, 0.5) is 4.39 Å². The van der Waals surface area contributed by atoms with Crippen molar-refractivity contribution in [3.63, 3.8) is 0 Å². The Morgan fingerprint density at radius 3 is 2.44 bits per heavy atom. The predicted octanol–water partition coefficient (Wildman–Crippen LogP) is 3.88. The van der Waals surface area contributed by atoms with Gasteiger partial charge in [0.05, 0.1) is 6.42 Å². The molecule has 0 fully saturated rings. The summed E-state index contributed by atoms with van der Waals surface area (Å²) in [6.07, 6.45) is -0.207. The minimum atomic E-state index is -0.690. The molecule has 2 rings (SSSR count). The summed E-state index contributed by atoms with van der Waals surface area (Å²) < 4.78 is 14.1. The molecule has 0 heterocycles. The van der Waals surface area contributed by atoms with Gasteiger partial charge in [0.25, 0.3) is 0 Å². The summed E-state index contributed by atoms with van der Waals surface area (Å²) in [6, 6.07) is 11.3. The molecule has 2 aromatic carbocycles. The summed E-state index contributed by atoms with van der Waals surface area (Å²) in [6.45, 7) is 6.18. The average Bonchev–Trinajstić information content (AvgIpc) is 2.64. The molecule has 4 nitrogen and oxygen atoms in total. The SMILES string of the molecule is CCNC(=O)[C@@H](C)N(Cc1ccc(C)cc1)C(=O)Cc1c(F)cccc1Cl. The van der Waals surface area contributed by atoms with E-state index in [1.165, 1.54) is 17.0 Å². The molecule has 144 valence electrons. The molecule has 0 aliphatic rings. The van der Waals surface area contributed by atoms with E-state index in [2.05, 4.69) is 5.32 Å². The molecule has 2 amide bonds. The molecule has 1 atom stereocenters. The number of nitrogens with zero attached hydrogens (tertiary/aromatic N) is 1. The number of amides is 2. The highest BCUT2D eigenvalue weighted by atomic mass is 35.5. The van der Waals surface area contributed by atoms with E-state index in [-0.39, 0.29) is 35.4 Å². The lowest BCUT2D eigenvalue weighted by Gasteiger charge is -2.29. The molecule has 0 saturated heterocycles. The van der Waals surface area contributed by atoms with E-state index in [9.17, 15) is 14.0 Å². The van der Waals surface area contributed by atoms with Crippen molar-refractivity contribution in [3.8, 4) is 0 Å². The third-order valence-corrected chi connectivity index (χ3v) is 4.74. The van der Waals surface area contributed by atoms with Gasteiger partial charge in [-0.15, -0.1) is 0 Å². The van der Waals surface area contributed by atoms with E-state index in [0.717, 1.165) is 11.1 Å². The van der Waals surface area contributed by atoms with Crippen LogP contribution in [0.1, 0.15) is 30.5 Å². The number of halogens is 2. The highest BCUT2D eigenvalue weighted by Gasteiger charge is 2.27. The van der Waals surface area contributed by atoms with Crippen molar-refractivity contribution in [3.05, 3.63) is 70.0 Å². The molecule has 27 heavy (non-hydrogen) atoms. The number of carbonyl (C=O) groups is 2. The van der Waals surface area contributed by atoms with E-state index >= 15 is 0 Å². The topological polar surface area (TPSA) is 49.4 Å². The van der Waals surface area contributed by atoms with Gasteiger partial charge in [-0.3, -0.25) is 9.59 Å². The molecular formula is C21H24ClFN2O2. The summed E-state index contributed by atoms with van der Waals surface area (Å²) in [5, 5.41) is 2.93. The Morgan fingerprint density at radius 2 is 1.85 bits per heavy atom. The van der Waals surface area contributed by atoms with Crippen LogP contribution in [0.2, 0.25) is 5.02 Å². The van der Waals surface area contributed by atoms with Crippen LogP contribution in [0.3, 0.4) is 0 Å². The van der Waals surface area contributed by atoms with Gasteiger partial charge in [-0.1, -0.05) is 47.5 Å². The zero-order valence-electron chi connectivity index (χ0n) is 15.8. The summed E-state index contributed by atoms with van der Waals surface area (Å²) in [7, 11) is 0. The van der Waals surface area contributed by atoms with E-state index in [0.29, 0.717) is 6.54 Å². The van der Waals surface area contributed by atoms with Gasteiger partial charge in [-0.25, -0.2) is 4.39 Å². The second-order valence-corrected chi connectivity index (χ2v) is 6.86. The molecule has 0 unspecified atom stereocenters. The first-order valence-corrected chi connectivity index (χ1v) is 9.26. The monoisotopic (exact) mass is 390 g/mol. The molecule has 2 aromatic rings.